The fourth-order valence-corrected chi connectivity index (χ4v) is 1.30. The average Bonchev–Trinajstić information content (AvgIpc) is 2.19. The Hall–Kier alpha value is -0.320. The molecule has 2 aromatic rings. The van der Waals surface area contributed by atoms with Crippen molar-refractivity contribution in [3.8, 4) is 11.5 Å². The first-order chi connectivity index (χ1) is 6.84. The highest BCUT2D eigenvalue weighted by molar-refractivity contribution is 5.33. The first-order valence-corrected chi connectivity index (χ1v) is 4.64. The van der Waals surface area contributed by atoms with Gasteiger partial charge in [-0.2, -0.15) is 0 Å². The van der Waals surface area contributed by atoms with E-state index in [1.807, 2.05) is 48.5 Å². The van der Waals surface area contributed by atoms with Crippen LogP contribution in [0, 0.1) is 6.92 Å². The monoisotopic (exact) mass is 421 g/mol. The van der Waals surface area contributed by atoms with E-state index in [2.05, 4.69) is 13.0 Å². The lowest BCUT2D eigenvalue weighted by Gasteiger charge is -2.05. The predicted octanol–water partition coefficient (Wildman–Crippen LogP) is -5.20. The lowest BCUT2D eigenvalue weighted by atomic mass is 10.2. The SMILES string of the molecule is Cc1cccc(Oc2ccccc2)c1.[Br-].[Br-].[Br-]. The maximum absolute atomic E-state index is 5.66. The van der Waals surface area contributed by atoms with Crippen LogP contribution in [0.25, 0.3) is 0 Å². The predicted molar refractivity (Wildman–Crippen MR) is 57.7 cm³/mol. The molecule has 0 saturated heterocycles. The molecule has 0 N–H and O–H groups in total. The zero-order chi connectivity index (χ0) is 9.80. The van der Waals surface area contributed by atoms with Crippen molar-refractivity contribution in [1.29, 1.82) is 0 Å². The highest BCUT2D eigenvalue weighted by Crippen LogP contribution is 2.21. The third-order valence-corrected chi connectivity index (χ3v) is 1.97. The van der Waals surface area contributed by atoms with Crippen molar-refractivity contribution in [2.24, 2.45) is 0 Å². The summed E-state index contributed by atoms with van der Waals surface area (Å²) in [7, 11) is 0. The third kappa shape index (κ3) is 6.24. The van der Waals surface area contributed by atoms with Gasteiger partial charge in [-0.3, -0.25) is 0 Å². The minimum Gasteiger partial charge on any atom is -1.00 e. The van der Waals surface area contributed by atoms with E-state index in [0.717, 1.165) is 11.5 Å². The Balaban J connectivity index is 0. The maximum Gasteiger partial charge on any atom is 0.127 e. The maximum atomic E-state index is 5.66. The molecular weight excluding hydrogens is 412 g/mol. The molecule has 0 heterocycles. The second kappa shape index (κ2) is 9.68. The summed E-state index contributed by atoms with van der Waals surface area (Å²) in [6, 6.07) is 17.8. The van der Waals surface area contributed by atoms with Crippen LogP contribution in [0.2, 0.25) is 0 Å². The van der Waals surface area contributed by atoms with E-state index in [1.54, 1.807) is 0 Å². The number of aryl methyl sites for hydroxylation is 1. The van der Waals surface area contributed by atoms with Crippen molar-refractivity contribution in [1.82, 2.24) is 0 Å². The molecule has 0 radical (unpaired) electrons. The van der Waals surface area contributed by atoms with Gasteiger partial charge in [0.05, 0.1) is 0 Å². The molecule has 0 unspecified atom stereocenters. The van der Waals surface area contributed by atoms with Gasteiger partial charge in [-0.15, -0.1) is 0 Å². The molecule has 1 nitrogen and oxygen atoms in total. The molecule has 0 atom stereocenters. The molecule has 0 amide bonds. The summed E-state index contributed by atoms with van der Waals surface area (Å²) in [5.41, 5.74) is 1.21. The molecule has 0 spiro atoms. The van der Waals surface area contributed by atoms with Gasteiger partial charge < -0.3 is 55.7 Å². The Morgan fingerprint density at radius 1 is 0.706 bits per heavy atom. The summed E-state index contributed by atoms with van der Waals surface area (Å²) in [6.07, 6.45) is 0. The van der Waals surface area contributed by atoms with E-state index in [-0.39, 0.29) is 50.9 Å². The molecule has 2 aromatic carbocycles. The molecule has 0 bridgehead atoms. The number of ether oxygens (including phenoxy) is 1. The van der Waals surface area contributed by atoms with Crippen LogP contribution in [-0.2, 0) is 0 Å². The van der Waals surface area contributed by atoms with Gasteiger partial charge in [0.15, 0.2) is 0 Å². The summed E-state index contributed by atoms with van der Waals surface area (Å²) >= 11 is 0. The topological polar surface area (TPSA) is 9.23 Å². The van der Waals surface area contributed by atoms with Crippen molar-refractivity contribution in [2.45, 2.75) is 6.92 Å². The number of hydrogen-bond donors (Lipinski definition) is 0. The fourth-order valence-electron chi connectivity index (χ4n) is 1.30. The summed E-state index contributed by atoms with van der Waals surface area (Å²) in [5, 5.41) is 0. The number of para-hydroxylation sites is 1. The van der Waals surface area contributed by atoms with Crippen LogP contribution >= 0.6 is 0 Å². The molecule has 0 aliphatic heterocycles. The van der Waals surface area contributed by atoms with Crippen LogP contribution in [-0.4, -0.2) is 0 Å². The van der Waals surface area contributed by atoms with E-state index in [9.17, 15) is 0 Å². The normalized spacial score (nSPS) is 8.06. The molecule has 94 valence electrons. The van der Waals surface area contributed by atoms with Crippen molar-refractivity contribution in [3.63, 3.8) is 0 Å². The van der Waals surface area contributed by atoms with E-state index in [4.69, 9.17) is 4.74 Å². The molecule has 4 heteroatoms. The standard InChI is InChI=1S/C13H12O.3BrH/c1-11-6-5-9-13(10-11)14-12-7-3-2-4-8-12;;;/h2-10H,1H3;3*1H/p-3. The van der Waals surface area contributed by atoms with Crippen molar-refractivity contribution in [2.75, 3.05) is 0 Å². The van der Waals surface area contributed by atoms with Gasteiger partial charge in [0.25, 0.3) is 0 Å². The van der Waals surface area contributed by atoms with Gasteiger partial charge in [0.1, 0.15) is 11.5 Å². The summed E-state index contributed by atoms with van der Waals surface area (Å²) in [4.78, 5) is 0. The molecule has 2 rings (SSSR count). The summed E-state index contributed by atoms with van der Waals surface area (Å²) in [5.74, 6) is 1.76. The van der Waals surface area contributed by atoms with Gasteiger partial charge >= 0.3 is 0 Å². The molecule has 0 fully saturated rings. The highest BCUT2D eigenvalue weighted by atomic mass is 79.9. The van der Waals surface area contributed by atoms with Crippen LogP contribution in [0.15, 0.2) is 54.6 Å². The Morgan fingerprint density at radius 3 is 1.88 bits per heavy atom. The number of hydrogen-bond acceptors (Lipinski definition) is 1. The van der Waals surface area contributed by atoms with Gasteiger partial charge in [-0.1, -0.05) is 30.3 Å². The van der Waals surface area contributed by atoms with Crippen LogP contribution in [0.4, 0.5) is 0 Å². The molecule has 0 aliphatic carbocycles. The smallest absolute Gasteiger partial charge is 0.127 e. The van der Waals surface area contributed by atoms with Crippen LogP contribution in [0.3, 0.4) is 0 Å². The Labute approximate surface area is 134 Å². The first-order valence-electron chi connectivity index (χ1n) is 4.64. The summed E-state index contributed by atoms with van der Waals surface area (Å²) < 4.78 is 5.66. The zero-order valence-corrected chi connectivity index (χ0v) is 14.0. The van der Waals surface area contributed by atoms with E-state index in [0.29, 0.717) is 0 Å². The largest absolute Gasteiger partial charge is 1.00 e. The number of rotatable bonds is 2. The molecular formula is C13H12Br3O-3. The lowest BCUT2D eigenvalue weighted by molar-refractivity contribution is -0.001000. The van der Waals surface area contributed by atoms with Crippen LogP contribution < -0.4 is 55.7 Å². The Kier molecular flexibility index (Phi) is 10.8. The molecule has 0 saturated carbocycles. The second-order valence-electron chi connectivity index (χ2n) is 3.23. The van der Waals surface area contributed by atoms with Crippen molar-refractivity contribution < 1.29 is 55.7 Å². The molecule has 17 heavy (non-hydrogen) atoms. The first kappa shape index (κ1) is 19.0. The van der Waals surface area contributed by atoms with Crippen LogP contribution in [0.5, 0.6) is 11.5 Å². The molecule has 0 aliphatic rings. The summed E-state index contributed by atoms with van der Waals surface area (Å²) in [6.45, 7) is 2.05. The van der Waals surface area contributed by atoms with Gasteiger partial charge in [-0.25, -0.2) is 0 Å². The minimum atomic E-state index is 0. The number of benzene rings is 2. The fraction of sp³-hybridized carbons (Fsp3) is 0.0769. The average molecular weight is 424 g/mol. The van der Waals surface area contributed by atoms with Crippen LogP contribution in [0.1, 0.15) is 5.56 Å². The number of halogens is 3. The Morgan fingerprint density at radius 2 is 1.29 bits per heavy atom. The Bertz CT molecular complexity index is 418. The molecule has 0 aromatic heterocycles. The van der Waals surface area contributed by atoms with Gasteiger partial charge in [0, 0.05) is 0 Å². The van der Waals surface area contributed by atoms with E-state index < -0.39 is 0 Å². The lowest BCUT2D eigenvalue weighted by Crippen LogP contribution is -3.00. The minimum absolute atomic E-state index is 0. The van der Waals surface area contributed by atoms with Crippen molar-refractivity contribution >= 4 is 0 Å². The van der Waals surface area contributed by atoms with E-state index in [1.165, 1.54) is 5.56 Å². The van der Waals surface area contributed by atoms with Gasteiger partial charge in [0.2, 0.25) is 0 Å². The van der Waals surface area contributed by atoms with Gasteiger partial charge in [-0.05, 0) is 36.8 Å². The van der Waals surface area contributed by atoms with E-state index >= 15 is 0 Å². The zero-order valence-electron chi connectivity index (χ0n) is 9.24. The highest BCUT2D eigenvalue weighted by Gasteiger charge is 1.95. The van der Waals surface area contributed by atoms with Crippen molar-refractivity contribution in [3.05, 3.63) is 60.2 Å². The second-order valence-corrected chi connectivity index (χ2v) is 3.23. The third-order valence-electron chi connectivity index (χ3n) is 1.97. The quantitative estimate of drug-likeness (QED) is 0.469.